The summed E-state index contributed by atoms with van der Waals surface area (Å²) in [4.78, 5) is 15.3. The molecule has 0 atom stereocenters. The minimum atomic E-state index is -1.06. The van der Waals surface area contributed by atoms with E-state index in [1.54, 1.807) is 12.3 Å². The highest BCUT2D eigenvalue weighted by Gasteiger charge is 2.15. The highest BCUT2D eigenvalue weighted by Crippen LogP contribution is 2.23. The van der Waals surface area contributed by atoms with Crippen molar-refractivity contribution in [1.29, 1.82) is 0 Å². The van der Waals surface area contributed by atoms with Gasteiger partial charge in [0.2, 0.25) is 5.95 Å². The summed E-state index contributed by atoms with van der Waals surface area (Å²) in [5, 5.41) is 13.3. The lowest BCUT2D eigenvalue weighted by Crippen LogP contribution is -2.02. The zero-order chi connectivity index (χ0) is 14.3. The number of carbonyl (C=O) groups is 1. The summed E-state index contributed by atoms with van der Waals surface area (Å²) in [6.45, 7) is 1.98. The van der Waals surface area contributed by atoms with Crippen molar-refractivity contribution < 1.29 is 9.90 Å². The van der Waals surface area contributed by atoms with E-state index in [2.05, 4.69) is 10.1 Å². The monoisotopic (exact) mass is 268 g/mol. The smallest absolute Gasteiger partial charge is 0.339 e. The summed E-state index contributed by atoms with van der Waals surface area (Å²) in [6, 6.07) is 9.38. The first-order valence-corrected chi connectivity index (χ1v) is 6.01. The molecule has 0 saturated carbocycles. The van der Waals surface area contributed by atoms with Crippen LogP contribution in [0.4, 0.5) is 5.95 Å². The largest absolute Gasteiger partial charge is 0.478 e. The number of hydrogen-bond donors (Lipinski definition) is 2. The van der Waals surface area contributed by atoms with Gasteiger partial charge >= 0.3 is 5.97 Å². The third-order valence-corrected chi connectivity index (χ3v) is 3.03. The van der Waals surface area contributed by atoms with Gasteiger partial charge < -0.3 is 10.8 Å². The summed E-state index contributed by atoms with van der Waals surface area (Å²) >= 11 is 0. The van der Waals surface area contributed by atoms with Crippen molar-refractivity contribution in [2.24, 2.45) is 0 Å². The highest BCUT2D eigenvalue weighted by molar-refractivity contribution is 5.96. The van der Waals surface area contributed by atoms with Crippen molar-refractivity contribution in [2.75, 3.05) is 5.73 Å². The van der Waals surface area contributed by atoms with Gasteiger partial charge in [-0.25, -0.2) is 9.31 Å². The predicted octanol–water partition coefficient (Wildman–Crippen LogP) is 1.99. The molecule has 3 N–H and O–H groups in total. The summed E-state index contributed by atoms with van der Waals surface area (Å²) < 4.78 is 1.40. The van der Waals surface area contributed by atoms with Crippen molar-refractivity contribution >= 4 is 17.6 Å². The third-order valence-electron chi connectivity index (χ3n) is 3.03. The standard InChI is InChI=1S/C14H12N4O2/c1-8-3-2-4-9(5-8)10-6-11(13(19)20)12-16-14(15)17-18(12)7-10/h2-7H,1H3,(H2,15,17)(H,19,20). The maximum atomic E-state index is 11.4. The molecule has 2 heterocycles. The molecule has 0 unspecified atom stereocenters. The Morgan fingerprint density at radius 2 is 2.10 bits per heavy atom. The van der Waals surface area contributed by atoms with Gasteiger partial charge in [-0.05, 0) is 18.6 Å². The number of pyridine rings is 1. The van der Waals surface area contributed by atoms with E-state index in [1.165, 1.54) is 4.52 Å². The van der Waals surface area contributed by atoms with Crippen molar-refractivity contribution in [1.82, 2.24) is 14.6 Å². The zero-order valence-electron chi connectivity index (χ0n) is 10.7. The molecule has 0 fully saturated rings. The van der Waals surface area contributed by atoms with Crippen LogP contribution in [0.3, 0.4) is 0 Å². The molecule has 100 valence electrons. The first-order chi connectivity index (χ1) is 9.54. The molecule has 0 saturated heterocycles. The molecule has 0 spiro atoms. The van der Waals surface area contributed by atoms with Gasteiger partial charge in [0.25, 0.3) is 0 Å². The maximum absolute atomic E-state index is 11.4. The van der Waals surface area contributed by atoms with Crippen LogP contribution in [0.1, 0.15) is 15.9 Å². The highest BCUT2D eigenvalue weighted by atomic mass is 16.4. The Morgan fingerprint density at radius 1 is 1.30 bits per heavy atom. The van der Waals surface area contributed by atoms with E-state index in [9.17, 15) is 9.90 Å². The molecule has 0 amide bonds. The number of aromatic carboxylic acids is 1. The number of benzene rings is 1. The van der Waals surface area contributed by atoms with E-state index in [0.717, 1.165) is 16.7 Å². The van der Waals surface area contributed by atoms with Crippen molar-refractivity contribution in [3.63, 3.8) is 0 Å². The average Bonchev–Trinajstić information content (AvgIpc) is 2.77. The van der Waals surface area contributed by atoms with Gasteiger partial charge in [-0.2, -0.15) is 4.98 Å². The molecule has 0 radical (unpaired) electrons. The third kappa shape index (κ3) is 1.97. The molecule has 0 aliphatic carbocycles. The summed E-state index contributed by atoms with van der Waals surface area (Å²) in [7, 11) is 0. The van der Waals surface area contributed by atoms with Gasteiger partial charge in [0.1, 0.15) is 5.56 Å². The minimum absolute atomic E-state index is 0.0499. The molecule has 1 aromatic carbocycles. The van der Waals surface area contributed by atoms with Gasteiger partial charge in [-0.3, -0.25) is 0 Å². The van der Waals surface area contributed by atoms with Gasteiger partial charge in [0.15, 0.2) is 5.65 Å². The van der Waals surface area contributed by atoms with Crippen LogP contribution in [0.5, 0.6) is 0 Å². The van der Waals surface area contributed by atoms with Crippen LogP contribution in [-0.4, -0.2) is 25.7 Å². The number of rotatable bonds is 2. The lowest BCUT2D eigenvalue weighted by Gasteiger charge is -2.05. The van der Waals surface area contributed by atoms with Crippen molar-refractivity contribution in [2.45, 2.75) is 6.92 Å². The Bertz CT molecular complexity index is 823. The number of nitrogens with two attached hydrogens (primary N) is 1. The Balaban J connectivity index is 2.29. The molecular formula is C14H12N4O2. The van der Waals surface area contributed by atoms with Crippen LogP contribution in [-0.2, 0) is 0 Å². The molecule has 3 aromatic rings. The molecule has 0 aliphatic heterocycles. The van der Waals surface area contributed by atoms with Crippen molar-refractivity contribution in [3.05, 3.63) is 47.7 Å². The summed E-state index contributed by atoms with van der Waals surface area (Å²) in [5.74, 6) is -1.01. The molecule has 0 aliphatic rings. The Labute approximate surface area is 114 Å². The Morgan fingerprint density at radius 3 is 2.80 bits per heavy atom. The first kappa shape index (κ1) is 12.2. The number of carboxylic acids is 1. The Hall–Kier alpha value is -2.89. The molecule has 6 heteroatoms. The first-order valence-electron chi connectivity index (χ1n) is 6.01. The zero-order valence-corrected chi connectivity index (χ0v) is 10.7. The topological polar surface area (TPSA) is 93.5 Å². The lowest BCUT2D eigenvalue weighted by atomic mass is 10.0. The SMILES string of the molecule is Cc1cccc(-c2cc(C(=O)O)c3nc(N)nn3c2)c1. The van der Waals surface area contributed by atoms with Crippen LogP contribution < -0.4 is 5.73 Å². The molecule has 20 heavy (non-hydrogen) atoms. The number of aromatic nitrogens is 3. The van der Waals surface area contributed by atoms with Gasteiger partial charge in [0, 0.05) is 11.8 Å². The fourth-order valence-electron chi connectivity index (χ4n) is 2.14. The molecule has 6 nitrogen and oxygen atoms in total. The van der Waals surface area contributed by atoms with Gasteiger partial charge in [-0.15, -0.1) is 5.10 Å². The Kier molecular flexibility index (Phi) is 2.64. The molecular weight excluding hydrogens is 256 g/mol. The van der Waals surface area contributed by atoms with E-state index in [-0.39, 0.29) is 17.2 Å². The number of fused-ring (bicyclic) bond motifs is 1. The second kappa shape index (κ2) is 4.34. The van der Waals surface area contributed by atoms with Crippen LogP contribution in [0.25, 0.3) is 16.8 Å². The van der Waals surface area contributed by atoms with E-state index < -0.39 is 5.97 Å². The van der Waals surface area contributed by atoms with E-state index >= 15 is 0 Å². The van der Waals surface area contributed by atoms with Crippen LogP contribution in [0, 0.1) is 6.92 Å². The predicted molar refractivity (Wildman–Crippen MR) is 74.5 cm³/mol. The molecule has 0 bridgehead atoms. The fourth-order valence-corrected chi connectivity index (χ4v) is 2.14. The number of anilines is 1. The van der Waals surface area contributed by atoms with E-state index in [1.807, 2.05) is 31.2 Å². The minimum Gasteiger partial charge on any atom is -0.478 e. The number of nitrogen functional groups attached to an aromatic ring is 1. The number of carboxylic acid groups (broad SMARTS) is 1. The van der Waals surface area contributed by atoms with Gasteiger partial charge in [-0.1, -0.05) is 29.8 Å². The quantitative estimate of drug-likeness (QED) is 0.741. The van der Waals surface area contributed by atoms with Crippen molar-refractivity contribution in [3.8, 4) is 11.1 Å². The van der Waals surface area contributed by atoms with E-state index in [4.69, 9.17) is 5.73 Å². The number of nitrogens with zero attached hydrogens (tertiary/aromatic N) is 3. The average molecular weight is 268 g/mol. The fraction of sp³-hybridized carbons (Fsp3) is 0.0714. The maximum Gasteiger partial charge on any atom is 0.339 e. The van der Waals surface area contributed by atoms with Gasteiger partial charge in [0.05, 0.1) is 0 Å². The van der Waals surface area contributed by atoms with Crippen LogP contribution in [0.2, 0.25) is 0 Å². The number of aryl methyl sites for hydroxylation is 1. The number of hydrogen-bond acceptors (Lipinski definition) is 4. The summed E-state index contributed by atoms with van der Waals surface area (Å²) in [6.07, 6.45) is 1.72. The van der Waals surface area contributed by atoms with Crippen LogP contribution in [0.15, 0.2) is 36.5 Å². The van der Waals surface area contributed by atoms with E-state index in [0.29, 0.717) is 0 Å². The second-order valence-electron chi connectivity index (χ2n) is 4.56. The van der Waals surface area contributed by atoms with Crippen LogP contribution >= 0.6 is 0 Å². The molecule has 2 aromatic heterocycles. The second-order valence-corrected chi connectivity index (χ2v) is 4.56. The summed E-state index contributed by atoms with van der Waals surface area (Å²) in [5.41, 5.74) is 8.62. The normalized spacial score (nSPS) is 10.8. The molecule has 3 rings (SSSR count). The lowest BCUT2D eigenvalue weighted by molar-refractivity contribution is 0.0698.